The number of alkyl halides is 3. The largest absolute Gasteiger partial charge is 0.501 e. The Bertz CT molecular complexity index is 1160. The van der Waals surface area contributed by atoms with Crippen LogP contribution < -0.4 is 10.2 Å². The first-order chi connectivity index (χ1) is 12.7. The normalized spacial score (nSPS) is 13.9. The quantitative estimate of drug-likeness (QED) is 0.704. The van der Waals surface area contributed by atoms with E-state index in [4.69, 9.17) is 0 Å². The fourth-order valence-electron chi connectivity index (χ4n) is 2.98. The Kier molecular flexibility index (Phi) is 3.77. The maximum absolute atomic E-state index is 12.9. The molecule has 0 bridgehead atoms. The third-order valence-electron chi connectivity index (χ3n) is 4.25. The van der Waals surface area contributed by atoms with Crippen molar-refractivity contribution in [1.29, 1.82) is 0 Å². The molecule has 0 radical (unpaired) electrons. The van der Waals surface area contributed by atoms with Gasteiger partial charge in [-0.05, 0) is 37.3 Å². The first-order valence-corrected chi connectivity index (χ1v) is 9.47. The Morgan fingerprint density at radius 3 is 2.37 bits per heavy atom. The number of fused-ring (bicyclic) bond motifs is 3. The van der Waals surface area contributed by atoms with Gasteiger partial charge in [-0.2, -0.15) is 13.2 Å². The second-order valence-electron chi connectivity index (χ2n) is 5.88. The van der Waals surface area contributed by atoms with Gasteiger partial charge in [0.1, 0.15) is 0 Å². The second-order valence-corrected chi connectivity index (χ2v) is 7.82. The topological polar surface area (TPSA) is 75.2 Å². The van der Waals surface area contributed by atoms with Crippen molar-refractivity contribution in [2.75, 3.05) is 16.8 Å². The van der Waals surface area contributed by atoms with E-state index in [0.29, 0.717) is 34.9 Å². The highest BCUT2D eigenvalue weighted by molar-refractivity contribution is 7.92. The van der Waals surface area contributed by atoms with E-state index in [1.54, 1.807) is 17.0 Å². The van der Waals surface area contributed by atoms with Crippen molar-refractivity contribution < 1.29 is 21.6 Å². The molecule has 0 saturated heterocycles. The van der Waals surface area contributed by atoms with Crippen molar-refractivity contribution in [3.05, 3.63) is 42.5 Å². The number of benzene rings is 2. The average Bonchev–Trinajstić information content (AvgIpc) is 2.63. The lowest BCUT2D eigenvalue weighted by Gasteiger charge is -2.31. The Labute approximate surface area is 152 Å². The molecule has 0 saturated carbocycles. The lowest BCUT2D eigenvalue weighted by atomic mass is 10.2. The number of para-hydroxylation sites is 2. The molecule has 2 aromatic carbocycles. The number of rotatable bonds is 2. The maximum atomic E-state index is 12.9. The molecule has 1 aliphatic heterocycles. The molecule has 1 aliphatic rings. The zero-order chi connectivity index (χ0) is 19.4. The Morgan fingerprint density at radius 1 is 1.07 bits per heavy atom. The van der Waals surface area contributed by atoms with Gasteiger partial charge in [-0.15, -0.1) is 0 Å². The first-order valence-electron chi connectivity index (χ1n) is 7.99. The van der Waals surface area contributed by atoms with Gasteiger partial charge < -0.3 is 10.2 Å². The van der Waals surface area contributed by atoms with Crippen LogP contribution in [0.4, 0.5) is 36.2 Å². The van der Waals surface area contributed by atoms with Crippen molar-refractivity contribution in [2.24, 2.45) is 0 Å². The van der Waals surface area contributed by atoms with Crippen molar-refractivity contribution >= 4 is 43.9 Å². The Morgan fingerprint density at radius 2 is 1.74 bits per heavy atom. The summed E-state index contributed by atoms with van der Waals surface area (Å²) in [5.41, 5.74) is -3.33. The molecule has 2 heterocycles. The number of nitrogens with zero attached hydrogens (tertiary/aromatic N) is 3. The van der Waals surface area contributed by atoms with E-state index in [9.17, 15) is 21.6 Å². The molecular formula is C17H13F3N4O2S. The van der Waals surface area contributed by atoms with Gasteiger partial charge in [-0.1, -0.05) is 12.1 Å². The summed E-state index contributed by atoms with van der Waals surface area (Å²) < 4.78 is 62.0. The second kappa shape index (κ2) is 5.81. The van der Waals surface area contributed by atoms with Crippen LogP contribution >= 0.6 is 0 Å². The summed E-state index contributed by atoms with van der Waals surface area (Å²) in [5.74, 6) is 0.875. The van der Waals surface area contributed by atoms with Crippen LogP contribution in [-0.2, 0) is 9.84 Å². The minimum Gasteiger partial charge on any atom is -0.335 e. The highest BCUT2D eigenvalue weighted by Gasteiger charge is 2.47. The molecule has 140 valence electrons. The van der Waals surface area contributed by atoms with E-state index >= 15 is 0 Å². The minimum absolute atomic E-state index is 0.222. The molecule has 0 atom stereocenters. The molecule has 0 spiro atoms. The molecule has 1 N–H and O–H groups in total. The molecule has 3 aromatic rings. The molecule has 6 nitrogen and oxygen atoms in total. The van der Waals surface area contributed by atoms with Crippen LogP contribution in [0.1, 0.15) is 6.92 Å². The summed E-state index contributed by atoms with van der Waals surface area (Å²) in [4.78, 5) is 9.99. The number of halogens is 3. The third kappa shape index (κ3) is 2.67. The monoisotopic (exact) mass is 394 g/mol. The highest BCUT2D eigenvalue weighted by Crippen LogP contribution is 2.44. The van der Waals surface area contributed by atoms with E-state index in [1.165, 1.54) is 6.07 Å². The molecule has 27 heavy (non-hydrogen) atoms. The van der Waals surface area contributed by atoms with Gasteiger partial charge in [-0.3, -0.25) is 0 Å². The standard InChI is InChI=1S/C17H13F3N4O2S/c1-2-24-14-8-7-10(27(25,26)17(18,19)20)9-13(14)22-15-16(24)23-12-6-4-3-5-11(12)21-15/h3-9H,2H2,1H3,(H,21,22). The molecule has 0 amide bonds. The van der Waals surface area contributed by atoms with Crippen LogP contribution in [0.5, 0.6) is 0 Å². The van der Waals surface area contributed by atoms with Gasteiger partial charge in [0.2, 0.25) is 0 Å². The van der Waals surface area contributed by atoms with E-state index in [0.717, 1.165) is 12.1 Å². The van der Waals surface area contributed by atoms with Crippen molar-refractivity contribution in [1.82, 2.24) is 9.97 Å². The van der Waals surface area contributed by atoms with Crippen molar-refractivity contribution in [3.63, 3.8) is 0 Å². The van der Waals surface area contributed by atoms with Gasteiger partial charge in [0, 0.05) is 6.54 Å². The summed E-state index contributed by atoms with van der Waals surface area (Å²) >= 11 is 0. The molecule has 1 aromatic heterocycles. The summed E-state index contributed by atoms with van der Waals surface area (Å²) in [6.07, 6.45) is 0. The summed E-state index contributed by atoms with van der Waals surface area (Å²) in [7, 11) is -5.44. The van der Waals surface area contributed by atoms with E-state index in [2.05, 4.69) is 15.3 Å². The summed E-state index contributed by atoms with van der Waals surface area (Å²) in [6, 6.07) is 10.5. The van der Waals surface area contributed by atoms with Crippen molar-refractivity contribution in [3.8, 4) is 0 Å². The van der Waals surface area contributed by atoms with Gasteiger partial charge >= 0.3 is 5.51 Å². The molecule has 0 fully saturated rings. The molecule has 10 heteroatoms. The molecule has 4 rings (SSSR count). The summed E-state index contributed by atoms with van der Waals surface area (Å²) in [5, 5.41) is 2.91. The Balaban J connectivity index is 1.88. The average molecular weight is 394 g/mol. The fourth-order valence-corrected chi connectivity index (χ4v) is 3.76. The first kappa shape index (κ1) is 17.5. The van der Waals surface area contributed by atoms with Crippen LogP contribution in [-0.4, -0.2) is 30.4 Å². The Hall–Kier alpha value is -2.88. The molecule has 0 aliphatic carbocycles. The van der Waals surface area contributed by atoms with Crippen molar-refractivity contribution in [2.45, 2.75) is 17.3 Å². The lowest BCUT2D eigenvalue weighted by molar-refractivity contribution is -0.0435. The van der Waals surface area contributed by atoms with Crippen LogP contribution in [0.3, 0.4) is 0 Å². The summed E-state index contributed by atoms with van der Waals surface area (Å²) in [6.45, 7) is 2.33. The zero-order valence-corrected chi connectivity index (χ0v) is 14.8. The minimum atomic E-state index is -5.44. The van der Waals surface area contributed by atoms with Gasteiger partial charge in [0.15, 0.2) is 11.6 Å². The predicted octanol–water partition coefficient (Wildman–Crippen LogP) is 4.14. The van der Waals surface area contributed by atoms with Gasteiger partial charge in [0.05, 0.1) is 27.3 Å². The number of nitrogens with one attached hydrogen (secondary N) is 1. The predicted molar refractivity (Wildman–Crippen MR) is 95.2 cm³/mol. The molecule has 0 unspecified atom stereocenters. The number of sulfone groups is 1. The maximum Gasteiger partial charge on any atom is 0.501 e. The highest BCUT2D eigenvalue weighted by atomic mass is 32.2. The van der Waals surface area contributed by atoms with Crippen LogP contribution in [0, 0.1) is 0 Å². The van der Waals surface area contributed by atoms with E-state index < -0.39 is 20.2 Å². The zero-order valence-electron chi connectivity index (χ0n) is 13.9. The number of anilines is 4. The lowest BCUT2D eigenvalue weighted by Crippen LogP contribution is -2.26. The van der Waals surface area contributed by atoms with Gasteiger partial charge in [-0.25, -0.2) is 18.4 Å². The van der Waals surface area contributed by atoms with Gasteiger partial charge in [0.25, 0.3) is 9.84 Å². The van der Waals surface area contributed by atoms with Crippen LogP contribution in [0.25, 0.3) is 11.0 Å². The fraction of sp³-hybridized carbons (Fsp3) is 0.176. The van der Waals surface area contributed by atoms with E-state index in [1.807, 2.05) is 19.1 Å². The number of hydrogen-bond acceptors (Lipinski definition) is 6. The van der Waals surface area contributed by atoms with E-state index in [-0.39, 0.29) is 5.69 Å². The smallest absolute Gasteiger partial charge is 0.335 e. The number of hydrogen-bond donors (Lipinski definition) is 1. The SMILES string of the molecule is CCN1c2ccc(S(=O)(=O)C(F)(F)F)cc2Nc2nc3ccccc3nc21. The molecular weight excluding hydrogens is 381 g/mol. The number of aromatic nitrogens is 2. The van der Waals surface area contributed by atoms with Crippen LogP contribution in [0.2, 0.25) is 0 Å². The third-order valence-corrected chi connectivity index (χ3v) is 5.73. The van der Waals surface area contributed by atoms with Crippen LogP contribution in [0.15, 0.2) is 47.4 Å².